The summed E-state index contributed by atoms with van der Waals surface area (Å²) >= 11 is 0. The number of rotatable bonds is 10. The molecular formula is C17H4F21NO. The van der Waals surface area contributed by atoms with Gasteiger partial charge in [0.05, 0.1) is 0 Å². The van der Waals surface area contributed by atoms with E-state index in [4.69, 9.17) is 5.26 Å². The van der Waals surface area contributed by atoms with Crippen LogP contribution in [-0.2, 0) is 0 Å². The molecule has 0 saturated heterocycles. The summed E-state index contributed by atoms with van der Waals surface area (Å²) < 4.78 is 283. The van der Waals surface area contributed by atoms with Gasteiger partial charge >= 0.3 is 47.8 Å². The number of benzene rings is 1. The minimum atomic E-state index is -8.78. The maximum absolute atomic E-state index is 13.8. The predicted molar refractivity (Wildman–Crippen MR) is 81.5 cm³/mol. The van der Waals surface area contributed by atoms with E-state index in [1.54, 1.807) is 0 Å². The highest BCUT2D eigenvalue weighted by Crippen LogP contribution is 2.63. The van der Waals surface area contributed by atoms with Crippen molar-refractivity contribution in [1.29, 1.82) is 5.26 Å². The molecule has 0 radical (unpaired) electrons. The third-order valence-electron chi connectivity index (χ3n) is 4.69. The number of hydrogen-bond acceptors (Lipinski definition) is 2. The molecule has 0 aliphatic rings. The van der Waals surface area contributed by atoms with Crippen LogP contribution in [0.25, 0.3) is 0 Å². The van der Waals surface area contributed by atoms with Crippen LogP contribution in [-0.4, -0.2) is 47.8 Å². The van der Waals surface area contributed by atoms with Crippen LogP contribution in [0.2, 0.25) is 0 Å². The second-order valence-electron chi connectivity index (χ2n) is 7.38. The zero-order valence-corrected chi connectivity index (χ0v) is 17.7. The fourth-order valence-corrected chi connectivity index (χ4v) is 2.46. The van der Waals surface area contributed by atoms with E-state index in [0.29, 0.717) is 0 Å². The standard InChI is InChI=1S/C17H4F21NO/c18-5-4(3-39)9(8(21)7(20)6(5)19)40-17(37,38)16(35,36)15(33,34)14(31,32)13(29,30)12(27,28)10(22,23)1-2-11(24,25)26/h1-2H2. The fourth-order valence-electron chi connectivity index (χ4n) is 2.46. The summed E-state index contributed by atoms with van der Waals surface area (Å²) in [5.41, 5.74) is -2.69. The Morgan fingerprint density at radius 2 is 0.875 bits per heavy atom. The summed E-state index contributed by atoms with van der Waals surface area (Å²) in [6, 6.07) is 0.156. The number of hydrogen-bond donors (Lipinski definition) is 0. The number of ether oxygens (including phenoxy) is 1. The predicted octanol–water partition coefficient (Wildman–Crippen LogP) is 8.24. The first-order valence-electron chi connectivity index (χ1n) is 9.06. The van der Waals surface area contributed by atoms with Crippen LogP contribution in [0.5, 0.6) is 5.75 Å². The molecule has 2 nitrogen and oxygen atoms in total. The first-order valence-corrected chi connectivity index (χ1v) is 9.06. The summed E-state index contributed by atoms with van der Waals surface area (Å²) in [6.45, 7) is 0. The average Bonchev–Trinajstić information content (AvgIpc) is 2.78. The Morgan fingerprint density at radius 1 is 0.500 bits per heavy atom. The average molecular weight is 637 g/mol. The zero-order valence-electron chi connectivity index (χ0n) is 17.7. The maximum Gasteiger partial charge on any atom is 0.471 e. The molecule has 0 amide bonds. The van der Waals surface area contributed by atoms with E-state index in [2.05, 4.69) is 4.74 Å². The Kier molecular flexibility index (Phi) is 8.63. The number of alkyl halides is 17. The largest absolute Gasteiger partial charge is 0.471 e. The summed E-state index contributed by atoms with van der Waals surface area (Å²) in [5, 5.41) is 8.44. The first kappa shape index (κ1) is 35.1. The monoisotopic (exact) mass is 637 g/mol. The van der Waals surface area contributed by atoms with Crippen LogP contribution in [0.15, 0.2) is 0 Å². The van der Waals surface area contributed by atoms with Gasteiger partial charge in [0.15, 0.2) is 17.4 Å². The van der Waals surface area contributed by atoms with Crippen LogP contribution in [0.4, 0.5) is 92.2 Å². The van der Waals surface area contributed by atoms with Gasteiger partial charge in [-0.3, -0.25) is 0 Å². The molecule has 23 heteroatoms. The normalized spacial score (nSPS) is 14.8. The summed E-state index contributed by atoms with van der Waals surface area (Å²) in [7, 11) is 0. The van der Waals surface area contributed by atoms with Gasteiger partial charge in [-0.1, -0.05) is 0 Å². The van der Waals surface area contributed by atoms with Gasteiger partial charge in [-0.05, 0) is 0 Å². The number of nitriles is 1. The minimum absolute atomic E-state index is 0.156. The third-order valence-corrected chi connectivity index (χ3v) is 4.69. The van der Waals surface area contributed by atoms with Gasteiger partial charge in [-0.15, -0.1) is 0 Å². The van der Waals surface area contributed by atoms with E-state index >= 15 is 0 Å². The highest BCUT2D eigenvalue weighted by molar-refractivity contribution is 5.46. The van der Waals surface area contributed by atoms with Crippen LogP contribution in [0.3, 0.4) is 0 Å². The minimum Gasteiger partial charge on any atom is -0.423 e. The van der Waals surface area contributed by atoms with E-state index in [9.17, 15) is 92.2 Å². The summed E-state index contributed by atoms with van der Waals surface area (Å²) in [4.78, 5) is 0. The Labute approximate surface area is 204 Å². The van der Waals surface area contributed by atoms with Crippen molar-refractivity contribution in [2.75, 3.05) is 0 Å². The number of halogens is 21. The van der Waals surface area contributed by atoms with Gasteiger partial charge in [0, 0.05) is 12.8 Å². The van der Waals surface area contributed by atoms with Crippen LogP contribution in [0, 0.1) is 34.6 Å². The molecule has 1 aromatic carbocycles. The van der Waals surface area contributed by atoms with Crippen LogP contribution < -0.4 is 4.74 Å². The van der Waals surface area contributed by atoms with Crippen molar-refractivity contribution in [3.05, 3.63) is 28.8 Å². The second kappa shape index (κ2) is 9.85. The molecule has 0 spiro atoms. The van der Waals surface area contributed by atoms with Crippen molar-refractivity contribution in [1.82, 2.24) is 0 Å². The lowest BCUT2D eigenvalue weighted by Crippen LogP contribution is -2.73. The zero-order chi connectivity index (χ0) is 32.3. The van der Waals surface area contributed by atoms with Gasteiger partial charge in [0.2, 0.25) is 11.6 Å². The molecule has 0 fully saturated rings. The lowest BCUT2D eigenvalue weighted by atomic mass is 9.89. The highest BCUT2D eigenvalue weighted by Gasteiger charge is 2.93. The van der Waals surface area contributed by atoms with E-state index in [0.717, 1.165) is 0 Å². The van der Waals surface area contributed by atoms with Gasteiger partial charge in [0.1, 0.15) is 11.6 Å². The molecule has 0 heterocycles. The lowest BCUT2D eigenvalue weighted by molar-refractivity contribution is -0.458. The molecule has 1 rings (SSSR count). The molecular weight excluding hydrogens is 633 g/mol. The van der Waals surface area contributed by atoms with Gasteiger partial charge in [-0.2, -0.15) is 84.3 Å². The second-order valence-corrected chi connectivity index (χ2v) is 7.38. The van der Waals surface area contributed by atoms with Gasteiger partial charge in [-0.25, -0.2) is 13.2 Å². The molecule has 0 unspecified atom stereocenters. The van der Waals surface area contributed by atoms with E-state index in [-0.39, 0.29) is 6.07 Å². The summed E-state index contributed by atoms with van der Waals surface area (Å²) in [6.07, 6.45) is -20.3. The van der Waals surface area contributed by atoms with Crippen molar-refractivity contribution < 1.29 is 96.9 Å². The smallest absolute Gasteiger partial charge is 0.423 e. The highest BCUT2D eigenvalue weighted by atomic mass is 19.4. The SMILES string of the molecule is N#Cc1c(F)c(F)c(F)c(F)c1OC(F)(F)C(F)(F)C(F)(F)C(F)(F)C(F)(F)C(F)(F)C(F)(F)CCC(F)(F)F. The molecule has 0 bridgehead atoms. The Bertz CT molecular complexity index is 1160. The Hall–Kier alpha value is -2.96. The molecule has 0 N–H and O–H groups in total. The third kappa shape index (κ3) is 5.12. The maximum atomic E-state index is 13.8. The molecule has 230 valence electrons. The van der Waals surface area contributed by atoms with Crippen molar-refractivity contribution in [2.45, 2.75) is 60.7 Å². The molecule has 0 saturated carbocycles. The van der Waals surface area contributed by atoms with Crippen LogP contribution in [0.1, 0.15) is 18.4 Å². The quantitative estimate of drug-likeness (QED) is 0.147. The first-order chi connectivity index (χ1) is 17.4. The van der Waals surface area contributed by atoms with Crippen molar-refractivity contribution in [3.8, 4) is 11.8 Å². The van der Waals surface area contributed by atoms with Gasteiger partial charge < -0.3 is 4.74 Å². The van der Waals surface area contributed by atoms with E-state index in [1.165, 1.54) is 0 Å². The van der Waals surface area contributed by atoms with Crippen LogP contribution >= 0.6 is 0 Å². The Morgan fingerprint density at radius 3 is 1.27 bits per heavy atom. The van der Waals surface area contributed by atoms with E-state index in [1.807, 2.05) is 0 Å². The fraction of sp³-hybridized carbons (Fsp3) is 0.588. The molecule has 0 aliphatic carbocycles. The van der Waals surface area contributed by atoms with Crippen molar-refractivity contribution in [3.63, 3.8) is 0 Å². The Balaban J connectivity index is 3.71. The summed E-state index contributed by atoms with van der Waals surface area (Å²) in [5.74, 6) is -65.8. The molecule has 0 atom stereocenters. The van der Waals surface area contributed by atoms with Gasteiger partial charge in [0.25, 0.3) is 0 Å². The van der Waals surface area contributed by atoms with Crippen molar-refractivity contribution >= 4 is 0 Å². The molecule has 0 aliphatic heterocycles. The topological polar surface area (TPSA) is 33.0 Å². The van der Waals surface area contributed by atoms with Crippen molar-refractivity contribution in [2.24, 2.45) is 0 Å². The molecule has 0 aromatic heterocycles. The number of nitrogens with zero attached hydrogens (tertiary/aromatic N) is 1. The van der Waals surface area contributed by atoms with E-state index < -0.39 is 95.2 Å². The lowest BCUT2D eigenvalue weighted by Gasteiger charge is -2.42. The molecule has 40 heavy (non-hydrogen) atoms. The molecule has 1 aromatic rings.